The molecule has 1 aliphatic heterocycles. The summed E-state index contributed by atoms with van der Waals surface area (Å²) in [7, 11) is 6.43. The molecule has 0 unspecified atom stereocenters. The molecule has 0 aliphatic carbocycles. The van der Waals surface area contributed by atoms with Crippen LogP contribution in [0.25, 0.3) is 0 Å². The van der Waals surface area contributed by atoms with Crippen molar-refractivity contribution in [3.63, 3.8) is 0 Å². The maximum absolute atomic E-state index is 9.17. The van der Waals surface area contributed by atoms with E-state index in [4.69, 9.17) is 5.11 Å². The van der Waals surface area contributed by atoms with Gasteiger partial charge in [-0.1, -0.05) is 24.3 Å². The van der Waals surface area contributed by atoms with Crippen LogP contribution in [-0.4, -0.2) is 51.9 Å². The van der Waals surface area contributed by atoms with E-state index in [1.807, 2.05) is 30.1 Å². The standard InChI is InChI=1S/C20H30N4O/c1-22(12-16-6-8-17(15-25)9-7-16)13-18-5-4-10-23(2)20(18)19-11-21-24(3)14-19/h6-9,11,14,18,20,25H,4-5,10,12-13,15H2,1-3H3/t18-,20+/m0/s1. The predicted octanol–water partition coefficient (Wildman–Crippen LogP) is 2.43. The highest BCUT2D eigenvalue weighted by atomic mass is 16.3. The molecule has 136 valence electrons. The molecule has 2 atom stereocenters. The van der Waals surface area contributed by atoms with Gasteiger partial charge in [-0.15, -0.1) is 0 Å². The highest BCUT2D eigenvalue weighted by molar-refractivity contribution is 5.22. The second-order valence-electron chi connectivity index (χ2n) is 7.45. The molecular weight excluding hydrogens is 312 g/mol. The minimum atomic E-state index is 0.108. The van der Waals surface area contributed by atoms with Gasteiger partial charge in [-0.2, -0.15) is 5.10 Å². The van der Waals surface area contributed by atoms with Gasteiger partial charge in [0, 0.05) is 37.9 Å². The molecule has 0 amide bonds. The molecule has 1 fully saturated rings. The molecule has 2 heterocycles. The van der Waals surface area contributed by atoms with Crippen LogP contribution in [0.3, 0.4) is 0 Å². The molecule has 0 radical (unpaired) electrons. The third-order valence-electron chi connectivity index (χ3n) is 5.28. The first-order chi connectivity index (χ1) is 12.1. The van der Waals surface area contributed by atoms with Crippen LogP contribution in [0.15, 0.2) is 36.7 Å². The SMILES string of the molecule is CN(Cc1ccc(CO)cc1)C[C@@H]1CCCN(C)[C@H]1c1cnn(C)c1. The first kappa shape index (κ1) is 18.1. The Labute approximate surface area is 150 Å². The van der Waals surface area contributed by atoms with Gasteiger partial charge in [-0.3, -0.25) is 9.58 Å². The van der Waals surface area contributed by atoms with Crippen LogP contribution in [0, 0.1) is 5.92 Å². The highest BCUT2D eigenvalue weighted by Gasteiger charge is 2.31. The van der Waals surface area contributed by atoms with E-state index in [-0.39, 0.29) is 6.61 Å². The molecule has 1 aromatic heterocycles. The summed E-state index contributed by atoms with van der Waals surface area (Å²) in [5.74, 6) is 0.615. The molecule has 1 aromatic carbocycles. The lowest BCUT2D eigenvalue weighted by atomic mass is 9.85. The third kappa shape index (κ3) is 4.48. The first-order valence-corrected chi connectivity index (χ1v) is 9.13. The Bertz CT molecular complexity index is 667. The highest BCUT2D eigenvalue weighted by Crippen LogP contribution is 2.35. The Morgan fingerprint density at radius 1 is 1.20 bits per heavy atom. The number of likely N-dealkylation sites (tertiary alicyclic amines) is 1. The molecule has 1 saturated heterocycles. The van der Waals surface area contributed by atoms with Crippen LogP contribution >= 0.6 is 0 Å². The Kier molecular flexibility index (Phi) is 5.89. The summed E-state index contributed by atoms with van der Waals surface area (Å²) in [6, 6.07) is 8.70. The Hall–Kier alpha value is -1.69. The molecule has 0 saturated carbocycles. The number of nitrogens with zero attached hydrogens (tertiary/aromatic N) is 4. The number of aliphatic hydroxyl groups is 1. The fraction of sp³-hybridized carbons (Fsp3) is 0.550. The van der Waals surface area contributed by atoms with Crippen molar-refractivity contribution in [2.75, 3.05) is 27.2 Å². The van der Waals surface area contributed by atoms with Gasteiger partial charge in [0.2, 0.25) is 0 Å². The van der Waals surface area contributed by atoms with Gasteiger partial charge in [0.05, 0.1) is 12.8 Å². The lowest BCUT2D eigenvalue weighted by Gasteiger charge is -2.40. The molecule has 2 aromatic rings. The third-order valence-corrected chi connectivity index (χ3v) is 5.28. The average Bonchev–Trinajstić information content (AvgIpc) is 3.01. The second-order valence-corrected chi connectivity index (χ2v) is 7.45. The van der Waals surface area contributed by atoms with Crippen molar-refractivity contribution in [2.45, 2.75) is 32.0 Å². The van der Waals surface area contributed by atoms with Gasteiger partial charge >= 0.3 is 0 Å². The zero-order chi connectivity index (χ0) is 17.8. The molecular formula is C20H30N4O. The van der Waals surface area contributed by atoms with Crippen molar-refractivity contribution in [1.82, 2.24) is 19.6 Å². The number of benzene rings is 1. The lowest BCUT2D eigenvalue weighted by Crippen LogP contribution is -2.40. The minimum absolute atomic E-state index is 0.108. The summed E-state index contributed by atoms with van der Waals surface area (Å²) in [6.45, 7) is 3.27. The maximum atomic E-state index is 9.17. The van der Waals surface area contributed by atoms with Crippen LogP contribution in [0.5, 0.6) is 0 Å². The summed E-state index contributed by atoms with van der Waals surface area (Å²) in [5, 5.41) is 13.5. The first-order valence-electron chi connectivity index (χ1n) is 9.13. The average molecular weight is 342 g/mol. The van der Waals surface area contributed by atoms with E-state index in [1.165, 1.54) is 24.0 Å². The van der Waals surface area contributed by atoms with Crippen LogP contribution in [0.4, 0.5) is 0 Å². The monoisotopic (exact) mass is 342 g/mol. The Morgan fingerprint density at radius 3 is 2.56 bits per heavy atom. The summed E-state index contributed by atoms with van der Waals surface area (Å²) < 4.78 is 1.90. The fourth-order valence-corrected chi connectivity index (χ4v) is 4.10. The van der Waals surface area contributed by atoms with Crippen molar-refractivity contribution in [3.8, 4) is 0 Å². The molecule has 0 bridgehead atoms. The van der Waals surface area contributed by atoms with Crippen LogP contribution < -0.4 is 0 Å². The maximum Gasteiger partial charge on any atom is 0.0681 e. The van der Waals surface area contributed by atoms with Gasteiger partial charge in [0.25, 0.3) is 0 Å². The van der Waals surface area contributed by atoms with Crippen molar-refractivity contribution in [3.05, 3.63) is 53.3 Å². The van der Waals surface area contributed by atoms with E-state index in [0.717, 1.165) is 25.2 Å². The van der Waals surface area contributed by atoms with E-state index in [2.05, 4.69) is 47.3 Å². The van der Waals surface area contributed by atoms with Crippen molar-refractivity contribution >= 4 is 0 Å². The summed E-state index contributed by atoms with van der Waals surface area (Å²) in [4.78, 5) is 4.90. The molecule has 5 heteroatoms. The number of piperidine rings is 1. The van der Waals surface area contributed by atoms with E-state index in [9.17, 15) is 0 Å². The van der Waals surface area contributed by atoms with Crippen LogP contribution in [0.2, 0.25) is 0 Å². The number of aromatic nitrogens is 2. The molecule has 5 nitrogen and oxygen atoms in total. The molecule has 1 N–H and O–H groups in total. The van der Waals surface area contributed by atoms with Crippen molar-refractivity contribution in [2.24, 2.45) is 13.0 Å². The van der Waals surface area contributed by atoms with Crippen LogP contribution in [0.1, 0.15) is 35.6 Å². The number of hydrogen-bond acceptors (Lipinski definition) is 4. The molecule has 25 heavy (non-hydrogen) atoms. The van der Waals surface area contributed by atoms with Crippen LogP contribution in [-0.2, 0) is 20.2 Å². The van der Waals surface area contributed by atoms with Gasteiger partial charge in [0.15, 0.2) is 0 Å². The summed E-state index contributed by atoms with van der Waals surface area (Å²) in [6.07, 6.45) is 6.70. The number of hydrogen-bond donors (Lipinski definition) is 1. The zero-order valence-corrected chi connectivity index (χ0v) is 15.6. The van der Waals surface area contributed by atoms with Gasteiger partial charge in [0.1, 0.15) is 0 Å². The Morgan fingerprint density at radius 2 is 1.92 bits per heavy atom. The number of rotatable bonds is 6. The largest absolute Gasteiger partial charge is 0.392 e. The lowest BCUT2D eigenvalue weighted by molar-refractivity contribution is 0.0926. The normalized spacial score (nSPS) is 21.8. The molecule has 1 aliphatic rings. The zero-order valence-electron chi connectivity index (χ0n) is 15.6. The van der Waals surface area contributed by atoms with Gasteiger partial charge in [-0.25, -0.2) is 0 Å². The quantitative estimate of drug-likeness (QED) is 0.876. The van der Waals surface area contributed by atoms with E-state index in [0.29, 0.717) is 12.0 Å². The van der Waals surface area contributed by atoms with Crippen molar-refractivity contribution in [1.29, 1.82) is 0 Å². The van der Waals surface area contributed by atoms with Crippen molar-refractivity contribution < 1.29 is 5.11 Å². The topological polar surface area (TPSA) is 44.5 Å². The molecule has 0 spiro atoms. The fourth-order valence-electron chi connectivity index (χ4n) is 4.10. The van der Waals surface area contributed by atoms with E-state index < -0.39 is 0 Å². The number of aryl methyl sites for hydroxylation is 1. The van der Waals surface area contributed by atoms with E-state index >= 15 is 0 Å². The van der Waals surface area contributed by atoms with Gasteiger partial charge in [-0.05, 0) is 50.5 Å². The van der Waals surface area contributed by atoms with Gasteiger partial charge < -0.3 is 10.0 Å². The second kappa shape index (κ2) is 8.13. The predicted molar refractivity (Wildman–Crippen MR) is 100 cm³/mol. The summed E-state index contributed by atoms with van der Waals surface area (Å²) >= 11 is 0. The Balaban J connectivity index is 1.66. The van der Waals surface area contributed by atoms with E-state index in [1.54, 1.807) is 0 Å². The molecule has 3 rings (SSSR count). The smallest absolute Gasteiger partial charge is 0.0681 e. The summed E-state index contributed by atoms with van der Waals surface area (Å²) in [5.41, 5.74) is 3.59. The number of aliphatic hydroxyl groups excluding tert-OH is 1. The minimum Gasteiger partial charge on any atom is -0.392 e.